The van der Waals surface area contributed by atoms with E-state index in [0.717, 1.165) is 19.4 Å². The Balaban J connectivity index is 2.65. The van der Waals surface area contributed by atoms with Gasteiger partial charge in [-0.2, -0.15) is 4.31 Å². The molecule has 0 aromatic rings. The minimum absolute atomic E-state index is 0.185. The molecule has 0 saturated carbocycles. The lowest BCUT2D eigenvalue weighted by molar-refractivity contribution is 0.292. The van der Waals surface area contributed by atoms with Crippen LogP contribution in [0.25, 0.3) is 0 Å². The van der Waals surface area contributed by atoms with Gasteiger partial charge in [0, 0.05) is 19.1 Å². The van der Waals surface area contributed by atoms with Crippen molar-refractivity contribution in [2.24, 2.45) is 0 Å². The smallest absolute Gasteiger partial charge is 0.211 e. The van der Waals surface area contributed by atoms with Crippen molar-refractivity contribution < 1.29 is 8.42 Å². The zero-order valence-electron chi connectivity index (χ0n) is 8.52. The second kappa shape index (κ2) is 3.94. The van der Waals surface area contributed by atoms with Gasteiger partial charge in [-0.15, -0.1) is 0 Å². The third kappa shape index (κ3) is 2.93. The molecule has 0 spiro atoms. The first-order chi connectivity index (χ1) is 5.91. The van der Waals surface area contributed by atoms with E-state index in [1.165, 1.54) is 6.26 Å². The molecule has 0 aromatic carbocycles. The molecule has 0 N–H and O–H groups in total. The van der Waals surface area contributed by atoms with Crippen LogP contribution in [0.5, 0.6) is 0 Å². The van der Waals surface area contributed by atoms with Crippen LogP contribution in [-0.4, -0.2) is 57.1 Å². The Bertz CT molecular complexity index is 261. The van der Waals surface area contributed by atoms with E-state index in [0.29, 0.717) is 6.54 Å². The lowest BCUT2D eigenvalue weighted by Gasteiger charge is -2.24. The topological polar surface area (TPSA) is 40.6 Å². The number of likely N-dealkylation sites (N-methyl/N-ethyl adjacent to an activating group) is 1. The van der Waals surface area contributed by atoms with Gasteiger partial charge in [-0.3, -0.25) is 0 Å². The standard InChI is InChI=1S/C8H18N2O2S/c1-9(2)7-8-5-4-6-10(8)13(3,11)12/h8H,4-7H2,1-3H3. The van der Waals surface area contributed by atoms with Crippen molar-refractivity contribution in [3.63, 3.8) is 0 Å². The SMILES string of the molecule is CN(C)CC1CCCN1S(C)(=O)=O. The average Bonchev–Trinajstić information content (AvgIpc) is 2.31. The first-order valence-electron chi connectivity index (χ1n) is 4.53. The maximum absolute atomic E-state index is 11.3. The summed E-state index contributed by atoms with van der Waals surface area (Å²) in [5.41, 5.74) is 0. The van der Waals surface area contributed by atoms with Crippen molar-refractivity contribution in [3.8, 4) is 0 Å². The van der Waals surface area contributed by atoms with Gasteiger partial charge in [0.15, 0.2) is 0 Å². The molecule has 1 aliphatic heterocycles. The van der Waals surface area contributed by atoms with Crippen molar-refractivity contribution in [2.75, 3.05) is 33.4 Å². The molecule has 13 heavy (non-hydrogen) atoms. The first kappa shape index (κ1) is 10.9. The Labute approximate surface area is 80.6 Å². The second-order valence-electron chi connectivity index (χ2n) is 3.93. The Morgan fingerprint density at radius 3 is 2.54 bits per heavy atom. The molecule has 78 valence electrons. The monoisotopic (exact) mass is 206 g/mol. The van der Waals surface area contributed by atoms with E-state index < -0.39 is 10.0 Å². The van der Waals surface area contributed by atoms with E-state index in [1.54, 1.807) is 4.31 Å². The van der Waals surface area contributed by atoms with Crippen molar-refractivity contribution >= 4 is 10.0 Å². The number of rotatable bonds is 3. The number of nitrogens with zero attached hydrogens (tertiary/aromatic N) is 2. The van der Waals surface area contributed by atoms with Gasteiger partial charge in [0.1, 0.15) is 0 Å². The molecular formula is C8H18N2O2S. The molecule has 0 radical (unpaired) electrons. The molecule has 0 amide bonds. The number of hydrogen-bond donors (Lipinski definition) is 0. The summed E-state index contributed by atoms with van der Waals surface area (Å²) >= 11 is 0. The number of hydrogen-bond acceptors (Lipinski definition) is 3. The van der Waals surface area contributed by atoms with Crippen molar-refractivity contribution in [2.45, 2.75) is 18.9 Å². The predicted molar refractivity (Wildman–Crippen MR) is 53.1 cm³/mol. The molecule has 1 heterocycles. The van der Waals surface area contributed by atoms with Gasteiger partial charge in [-0.05, 0) is 26.9 Å². The fraction of sp³-hybridized carbons (Fsp3) is 1.00. The summed E-state index contributed by atoms with van der Waals surface area (Å²) in [4.78, 5) is 2.04. The molecule has 1 saturated heterocycles. The highest BCUT2D eigenvalue weighted by Gasteiger charge is 2.31. The summed E-state index contributed by atoms with van der Waals surface area (Å²) in [5.74, 6) is 0. The Hall–Kier alpha value is -0.130. The molecule has 0 aromatic heterocycles. The lowest BCUT2D eigenvalue weighted by Crippen LogP contribution is -2.40. The minimum Gasteiger partial charge on any atom is -0.308 e. The summed E-state index contributed by atoms with van der Waals surface area (Å²) in [6.45, 7) is 1.52. The molecule has 1 unspecified atom stereocenters. The molecular weight excluding hydrogens is 188 g/mol. The molecule has 0 aliphatic carbocycles. The van der Waals surface area contributed by atoms with Crippen LogP contribution in [0.2, 0.25) is 0 Å². The van der Waals surface area contributed by atoms with Gasteiger partial charge in [-0.1, -0.05) is 0 Å². The first-order valence-corrected chi connectivity index (χ1v) is 6.37. The van der Waals surface area contributed by atoms with Crippen LogP contribution in [0, 0.1) is 0 Å². The number of sulfonamides is 1. The molecule has 4 nitrogen and oxygen atoms in total. The summed E-state index contributed by atoms with van der Waals surface area (Å²) in [6, 6.07) is 0.185. The molecule has 1 fully saturated rings. The molecule has 1 atom stereocenters. The van der Waals surface area contributed by atoms with Crippen LogP contribution in [-0.2, 0) is 10.0 Å². The quantitative estimate of drug-likeness (QED) is 0.651. The van der Waals surface area contributed by atoms with Crippen LogP contribution in [0.15, 0.2) is 0 Å². The maximum Gasteiger partial charge on any atom is 0.211 e. The highest BCUT2D eigenvalue weighted by molar-refractivity contribution is 7.88. The summed E-state index contributed by atoms with van der Waals surface area (Å²) in [6.07, 6.45) is 3.28. The van der Waals surface area contributed by atoms with E-state index in [-0.39, 0.29) is 6.04 Å². The summed E-state index contributed by atoms with van der Waals surface area (Å²) < 4.78 is 24.3. The maximum atomic E-state index is 11.3. The average molecular weight is 206 g/mol. The summed E-state index contributed by atoms with van der Waals surface area (Å²) in [5, 5.41) is 0. The van der Waals surface area contributed by atoms with Gasteiger partial charge in [-0.25, -0.2) is 8.42 Å². The van der Waals surface area contributed by atoms with Crippen LogP contribution >= 0.6 is 0 Å². The molecule has 1 aliphatic rings. The molecule has 0 bridgehead atoms. The zero-order valence-corrected chi connectivity index (χ0v) is 9.34. The van der Waals surface area contributed by atoms with Crippen LogP contribution in [0.3, 0.4) is 0 Å². The third-order valence-electron chi connectivity index (χ3n) is 2.32. The molecule has 1 rings (SSSR count). The predicted octanol–water partition coefficient (Wildman–Crippen LogP) is -0.0280. The highest BCUT2D eigenvalue weighted by Crippen LogP contribution is 2.20. The van der Waals surface area contributed by atoms with Crippen molar-refractivity contribution in [3.05, 3.63) is 0 Å². The Kier molecular flexibility index (Phi) is 3.32. The van der Waals surface area contributed by atoms with Crippen molar-refractivity contribution in [1.29, 1.82) is 0 Å². The Morgan fingerprint density at radius 2 is 2.08 bits per heavy atom. The minimum atomic E-state index is -2.99. The lowest BCUT2D eigenvalue weighted by atomic mass is 10.2. The zero-order chi connectivity index (χ0) is 10.1. The largest absolute Gasteiger partial charge is 0.308 e. The van der Waals surface area contributed by atoms with Crippen molar-refractivity contribution in [1.82, 2.24) is 9.21 Å². The van der Waals surface area contributed by atoms with E-state index in [9.17, 15) is 8.42 Å². The second-order valence-corrected chi connectivity index (χ2v) is 5.87. The van der Waals surface area contributed by atoms with E-state index in [4.69, 9.17) is 0 Å². The van der Waals surface area contributed by atoms with Gasteiger partial charge in [0.05, 0.1) is 6.26 Å². The summed E-state index contributed by atoms with van der Waals surface area (Å²) in [7, 11) is 0.951. The highest BCUT2D eigenvalue weighted by atomic mass is 32.2. The van der Waals surface area contributed by atoms with Crippen LogP contribution in [0.1, 0.15) is 12.8 Å². The van der Waals surface area contributed by atoms with E-state index in [1.807, 2.05) is 19.0 Å². The van der Waals surface area contributed by atoms with Gasteiger partial charge >= 0.3 is 0 Å². The van der Waals surface area contributed by atoms with Gasteiger partial charge in [0.25, 0.3) is 0 Å². The van der Waals surface area contributed by atoms with Crippen LogP contribution < -0.4 is 0 Å². The van der Waals surface area contributed by atoms with Gasteiger partial charge < -0.3 is 4.90 Å². The Morgan fingerprint density at radius 1 is 1.46 bits per heavy atom. The normalized spacial score (nSPS) is 25.7. The third-order valence-corrected chi connectivity index (χ3v) is 3.66. The fourth-order valence-corrected chi connectivity index (χ4v) is 3.02. The fourth-order valence-electron chi connectivity index (χ4n) is 1.85. The van der Waals surface area contributed by atoms with Crippen LogP contribution in [0.4, 0.5) is 0 Å². The molecule has 5 heteroatoms. The van der Waals surface area contributed by atoms with Gasteiger partial charge in [0.2, 0.25) is 10.0 Å². The van der Waals surface area contributed by atoms with E-state index >= 15 is 0 Å². The van der Waals surface area contributed by atoms with E-state index in [2.05, 4.69) is 0 Å².